The molecule has 0 aromatic carbocycles. The maximum Gasteiger partial charge on any atom is 0.0829 e. The van der Waals surface area contributed by atoms with E-state index < -0.39 is 0 Å². The van der Waals surface area contributed by atoms with E-state index >= 15 is 0 Å². The summed E-state index contributed by atoms with van der Waals surface area (Å²) in [5.41, 5.74) is 6.11. The number of nitrogens with two attached hydrogens (primary N) is 1. The Kier molecular flexibility index (Phi) is 2.13. The number of aromatic nitrogens is 1. The fourth-order valence-corrected chi connectivity index (χ4v) is 1.19. The molecule has 0 aliphatic heterocycles. The molecule has 0 aliphatic rings. The second-order valence-corrected chi connectivity index (χ2v) is 3.09. The van der Waals surface area contributed by atoms with Crippen molar-refractivity contribution >= 4 is 39.9 Å². The number of rotatable bonds is 0. The minimum Gasteiger partial charge on any atom is -0.397 e. The lowest BCUT2D eigenvalue weighted by Gasteiger charge is -1.96. The monoisotopic (exact) mass is 254 g/mol. The second kappa shape index (κ2) is 2.70. The highest BCUT2D eigenvalue weighted by Crippen LogP contribution is 2.21. The lowest BCUT2D eigenvalue weighted by atomic mass is 10.4. The van der Waals surface area contributed by atoms with E-state index in [1.807, 2.05) is 0 Å². The molecule has 2 N–H and O–H groups in total. The van der Waals surface area contributed by atoms with Crippen molar-refractivity contribution in [2.45, 2.75) is 0 Å². The van der Waals surface area contributed by atoms with Gasteiger partial charge in [-0.2, -0.15) is 0 Å². The van der Waals surface area contributed by atoms with E-state index in [1.165, 1.54) is 6.20 Å². The topological polar surface area (TPSA) is 38.9 Å². The smallest absolute Gasteiger partial charge is 0.0829 e. The van der Waals surface area contributed by atoms with Crippen molar-refractivity contribution in [3.05, 3.63) is 21.0 Å². The van der Waals surface area contributed by atoms with Gasteiger partial charge >= 0.3 is 0 Å². The number of halogens is 2. The fraction of sp³-hybridized carbons (Fsp3) is 0. The van der Waals surface area contributed by atoms with Gasteiger partial charge in [0.1, 0.15) is 0 Å². The minimum absolute atomic E-state index is 0.516. The van der Waals surface area contributed by atoms with E-state index in [0.717, 1.165) is 3.57 Å². The van der Waals surface area contributed by atoms with Crippen LogP contribution in [0.5, 0.6) is 0 Å². The van der Waals surface area contributed by atoms with Crippen molar-refractivity contribution < 1.29 is 0 Å². The van der Waals surface area contributed by atoms with Gasteiger partial charge in [-0.15, -0.1) is 0 Å². The van der Waals surface area contributed by atoms with Crippen LogP contribution in [0.3, 0.4) is 0 Å². The van der Waals surface area contributed by atoms with Crippen LogP contribution in [0, 0.1) is 3.57 Å². The number of nitrogen functional groups attached to an aromatic ring is 1. The molecule has 9 heavy (non-hydrogen) atoms. The van der Waals surface area contributed by atoms with E-state index in [4.69, 9.17) is 17.3 Å². The van der Waals surface area contributed by atoms with Gasteiger partial charge in [0, 0.05) is 12.4 Å². The van der Waals surface area contributed by atoms with Crippen LogP contribution in [-0.4, -0.2) is 4.98 Å². The molecule has 1 aromatic rings. The molecular formula is C5H4ClIN2. The summed E-state index contributed by atoms with van der Waals surface area (Å²) >= 11 is 7.70. The largest absolute Gasteiger partial charge is 0.397 e. The maximum atomic E-state index is 5.62. The number of hydrogen-bond acceptors (Lipinski definition) is 2. The van der Waals surface area contributed by atoms with E-state index in [2.05, 4.69) is 27.6 Å². The Morgan fingerprint density at radius 1 is 1.56 bits per heavy atom. The summed E-state index contributed by atoms with van der Waals surface area (Å²) in [5, 5.41) is 0.516. The van der Waals surface area contributed by atoms with Crippen molar-refractivity contribution in [3.63, 3.8) is 0 Å². The van der Waals surface area contributed by atoms with Crippen LogP contribution in [0.4, 0.5) is 5.69 Å². The van der Waals surface area contributed by atoms with Gasteiger partial charge in [0.05, 0.1) is 14.3 Å². The van der Waals surface area contributed by atoms with Crippen LogP contribution in [-0.2, 0) is 0 Å². The molecule has 0 fully saturated rings. The normalized spacial score (nSPS) is 9.56. The molecule has 1 aromatic heterocycles. The summed E-state index contributed by atoms with van der Waals surface area (Å²) in [6, 6.07) is 0. The molecule has 2 nitrogen and oxygen atoms in total. The fourth-order valence-electron chi connectivity index (χ4n) is 0.421. The lowest BCUT2D eigenvalue weighted by molar-refractivity contribution is 1.31. The molecule has 0 aliphatic carbocycles. The highest BCUT2D eigenvalue weighted by Gasteiger charge is 1.97. The van der Waals surface area contributed by atoms with Crippen LogP contribution >= 0.6 is 34.2 Å². The molecule has 48 valence electrons. The number of pyridine rings is 1. The third-order valence-electron chi connectivity index (χ3n) is 0.890. The summed E-state index contributed by atoms with van der Waals surface area (Å²) in [7, 11) is 0. The van der Waals surface area contributed by atoms with Crippen LogP contribution in [0.2, 0.25) is 5.02 Å². The molecule has 4 heteroatoms. The molecule has 0 saturated heterocycles. The Labute approximate surface area is 71.6 Å². The van der Waals surface area contributed by atoms with Gasteiger partial charge in [0.15, 0.2) is 0 Å². The highest BCUT2D eigenvalue weighted by molar-refractivity contribution is 14.1. The molecule has 0 spiro atoms. The molecule has 0 bridgehead atoms. The molecule has 1 rings (SSSR count). The number of nitrogens with zero attached hydrogens (tertiary/aromatic N) is 1. The third-order valence-corrected chi connectivity index (χ3v) is 2.05. The van der Waals surface area contributed by atoms with Crippen molar-refractivity contribution in [1.29, 1.82) is 0 Å². The van der Waals surface area contributed by atoms with Crippen LogP contribution in [0.15, 0.2) is 12.4 Å². The Bertz CT molecular complexity index is 206. The lowest BCUT2D eigenvalue weighted by Crippen LogP contribution is -1.90. The summed E-state index contributed by atoms with van der Waals surface area (Å²) < 4.78 is 0.889. The minimum atomic E-state index is 0.516. The van der Waals surface area contributed by atoms with Gasteiger partial charge in [0.2, 0.25) is 0 Å². The zero-order valence-corrected chi connectivity index (χ0v) is 7.35. The summed E-state index contributed by atoms with van der Waals surface area (Å²) in [6.45, 7) is 0. The van der Waals surface area contributed by atoms with Gasteiger partial charge in [-0.25, -0.2) is 0 Å². The standard InChI is InChI=1S/C5H4ClIN2/c6-3-1-9-2-4(7)5(3)8/h1-2H,(H2,8,9). The zero-order chi connectivity index (χ0) is 6.85. The van der Waals surface area contributed by atoms with E-state index in [1.54, 1.807) is 6.20 Å². The molecular weight excluding hydrogens is 250 g/mol. The maximum absolute atomic E-state index is 5.62. The van der Waals surface area contributed by atoms with E-state index in [0.29, 0.717) is 10.7 Å². The van der Waals surface area contributed by atoms with Crippen LogP contribution in [0.25, 0.3) is 0 Å². The average Bonchev–Trinajstić information content (AvgIpc) is 1.83. The quantitative estimate of drug-likeness (QED) is 0.719. The molecule has 0 atom stereocenters. The molecule has 1 heterocycles. The zero-order valence-electron chi connectivity index (χ0n) is 4.44. The van der Waals surface area contributed by atoms with Crippen molar-refractivity contribution in [1.82, 2.24) is 4.98 Å². The van der Waals surface area contributed by atoms with Crippen LogP contribution in [0.1, 0.15) is 0 Å². The van der Waals surface area contributed by atoms with Gasteiger partial charge in [-0.1, -0.05) is 11.6 Å². The Hall–Kier alpha value is -0.0300. The van der Waals surface area contributed by atoms with Gasteiger partial charge in [-0.05, 0) is 22.6 Å². The van der Waals surface area contributed by atoms with Gasteiger partial charge in [-0.3, -0.25) is 4.98 Å². The van der Waals surface area contributed by atoms with Crippen LogP contribution < -0.4 is 5.73 Å². The molecule has 0 radical (unpaired) electrons. The molecule has 0 amide bonds. The summed E-state index contributed by atoms with van der Waals surface area (Å²) in [6.07, 6.45) is 3.20. The van der Waals surface area contributed by atoms with Gasteiger partial charge < -0.3 is 5.73 Å². The predicted octanol–water partition coefficient (Wildman–Crippen LogP) is 1.92. The van der Waals surface area contributed by atoms with Gasteiger partial charge in [0.25, 0.3) is 0 Å². The van der Waals surface area contributed by atoms with E-state index in [-0.39, 0.29) is 0 Å². The SMILES string of the molecule is Nc1c(Cl)cncc1I. The Morgan fingerprint density at radius 3 is 2.67 bits per heavy atom. The first-order valence-corrected chi connectivity index (χ1v) is 3.72. The number of anilines is 1. The first-order chi connectivity index (χ1) is 4.22. The summed E-state index contributed by atoms with van der Waals surface area (Å²) in [5.74, 6) is 0. The predicted molar refractivity (Wildman–Crippen MR) is 46.4 cm³/mol. The summed E-state index contributed by atoms with van der Waals surface area (Å²) in [4.78, 5) is 3.83. The Morgan fingerprint density at radius 2 is 2.22 bits per heavy atom. The number of hydrogen-bond donors (Lipinski definition) is 1. The highest BCUT2D eigenvalue weighted by atomic mass is 127. The first kappa shape index (κ1) is 7.08. The Balaban J connectivity index is 3.25. The molecule has 0 saturated carbocycles. The second-order valence-electron chi connectivity index (χ2n) is 1.52. The van der Waals surface area contributed by atoms with Crippen molar-refractivity contribution in [2.75, 3.05) is 5.73 Å². The first-order valence-electron chi connectivity index (χ1n) is 2.26. The van der Waals surface area contributed by atoms with E-state index in [9.17, 15) is 0 Å². The van der Waals surface area contributed by atoms with Crippen molar-refractivity contribution in [2.24, 2.45) is 0 Å². The average molecular weight is 254 g/mol. The molecule has 0 unspecified atom stereocenters. The third kappa shape index (κ3) is 1.46. The van der Waals surface area contributed by atoms with Crippen molar-refractivity contribution in [3.8, 4) is 0 Å².